The van der Waals surface area contributed by atoms with E-state index >= 15 is 0 Å². The Morgan fingerprint density at radius 1 is 1.29 bits per heavy atom. The molecule has 28 heavy (non-hydrogen) atoms. The number of rotatable bonds is 3. The Bertz CT molecular complexity index is 902. The zero-order valence-electron chi connectivity index (χ0n) is 15.3. The van der Waals surface area contributed by atoms with Gasteiger partial charge in [0.1, 0.15) is 6.04 Å². The molecule has 0 aliphatic carbocycles. The summed E-state index contributed by atoms with van der Waals surface area (Å²) in [6.45, 7) is 1.67. The van der Waals surface area contributed by atoms with Gasteiger partial charge in [-0.1, -0.05) is 11.6 Å². The quantitative estimate of drug-likeness (QED) is 0.840. The highest BCUT2D eigenvalue weighted by Gasteiger charge is 2.38. The number of hydrogen-bond acceptors (Lipinski definition) is 6. The third-order valence-electron chi connectivity index (χ3n) is 5.47. The zero-order chi connectivity index (χ0) is 19.7. The van der Waals surface area contributed by atoms with Crippen molar-refractivity contribution in [1.82, 2.24) is 19.7 Å². The average molecular weight is 401 g/mol. The summed E-state index contributed by atoms with van der Waals surface area (Å²) in [5.41, 5.74) is 1.83. The number of halogens is 1. The molecular weight excluding hydrogens is 380 g/mol. The van der Waals surface area contributed by atoms with E-state index in [9.17, 15) is 15.2 Å². The number of likely N-dealkylation sites (tertiary alicyclic amines) is 1. The highest BCUT2D eigenvalue weighted by atomic mass is 35.5. The summed E-state index contributed by atoms with van der Waals surface area (Å²) in [6, 6.07) is 3.50. The molecule has 2 saturated heterocycles. The van der Waals surface area contributed by atoms with Crippen LogP contribution in [0.15, 0.2) is 30.9 Å². The third-order valence-corrected chi connectivity index (χ3v) is 5.67. The summed E-state index contributed by atoms with van der Waals surface area (Å²) in [7, 11) is 0. The van der Waals surface area contributed by atoms with E-state index in [1.807, 2.05) is 6.07 Å². The van der Waals surface area contributed by atoms with Gasteiger partial charge in [0.15, 0.2) is 0 Å². The number of piperidine rings is 1. The van der Waals surface area contributed by atoms with Crippen molar-refractivity contribution in [2.24, 2.45) is 5.92 Å². The van der Waals surface area contributed by atoms with Crippen molar-refractivity contribution in [3.63, 3.8) is 0 Å². The van der Waals surface area contributed by atoms with Crippen LogP contribution in [0, 0.1) is 17.2 Å². The summed E-state index contributed by atoms with van der Waals surface area (Å²) < 4.78 is 1.72. The second kappa shape index (κ2) is 7.78. The molecule has 0 bridgehead atoms. The lowest BCUT2D eigenvalue weighted by molar-refractivity contribution is -0.136. The first-order valence-corrected chi connectivity index (χ1v) is 9.72. The van der Waals surface area contributed by atoms with Crippen molar-refractivity contribution in [3.8, 4) is 11.8 Å². The van der Waals surface area contributed by atoms with Crippen LogP contribution in [0.4, 0.5) is 5.69 Å². The predicted molar refractivity (Wildman–Crippen MR) is 103 cm³/mol. The molecule has 0 radical (unpaired) electrons. The molecule has 0 unspecified atom stereocenters. The maximum atomic E-state index is 12.9. The largest absolute Gasteiger partial charge is 0.391 e. The zero-order valence-corrected chi connectivity index (χ0v) is 16.0. The molecule has 2 aromatic rings. The van der Waals surface area contributed by atoms with Crippen molar-refractivity contribution in [3.05, 3.63) is 35.9 Å². The molecule has 2 atom stereocenters. The molecule has 0 saturated carbocycles. The molecule has 1 N–H and O–H groups in total. The molecule has 2 aliphatic heterocycles. The van der Waals surface area contributed by atoms with Crippen molar-refractivity contribution in [1.29, 1.82) is 5.26 Å². The summed E-state index contributed by atoms with van der Waals surface area (Å²) in [5.74, 6) is -0.148. The van der Waals surface area contributed by atoms with Gasteiger partial charge in [-0.3, -0.25) is 9.78 Å². The van der Waals surface area contributed by atoms with E-state index in [0.29, 0.717) is 37.4 Å². The van der Waals surface area contributed by atoms with E-state index in [0.717, 1.165) is 11.4 Å². The minimum absolute atomic E-state index is 0.0204. The summed E-state index contributed by atoms with van der Waals surface area (Å²) in [5, 5.41) is 23.9. The number of amides is 1. The van der Waals surface area contributed by atoms with Gasteiger partial charge in [-0.15, -0.1) is 0 Å². The Kier molecular flexibility index (Phi) is 5.20. The molecule has 1 amide bonds. The second-order valence-electron chi connectivity index (χ2n) is 7.25. The molecule has 4 heterocycles. The Morgan fingerprint density at radius 3 is 2.75 bits per heavy atom. The molecule has 8 nitrogen and oxygen atoms in total. The molecule has 9 heteroatoms. The summed E-state index contributed by atoms with van der Waals surface area (Å²) >= 11 is 6.00. The van der Waals surface area contributed by atoms with Gasteiger partial charge in [-0.05, 0) is 18.9 Å². The molecule has 2 fully saturated rings. The Balaban J connectivity index is 1.45. The van der Waals surface area contributed by atoms with Crippen LogP contribution >= 0.6 is 11.6 Å². The number of carbonyl (C=O) groups is 1. The fourth-order valence-corrected chi connectivity index (χ4v) is 4.17. The van der Waals surface area contributed by atoms with Gasteiger partial charge >= 0.3 is 0 Å². The maximum absolute atomic E-state index is 12.9. The normalized spacial score (nSPS) is 23.0. The van der Waals surface area contributed by atoms with Gasteiger partial charge in [-0.25, -0.2) is 4.68 Å². The van der Waals surface area contributed by atoms with Crippen molar-refractivity contribution in [2.45, 2.75) is 31.4 Å². The number of pyridine rings is 1. The Morgan fingerprint density at radius 2 is 2.07 bits per heavy atom. The number of β-amino-alcohol motifs (C(OH)–C–C–N with tert-alkyl or cyclic N) is 1. The Hall–Kier alpha value is -2.63. The van der Waals surface area contributed by atoms with Crippen LogP contribution in [-0.2, 0) is 4.79 Å². The van der Waals surface area contributed by atoms with Crippen LogP contribution in [0.25, 0.3) is 5.69 Å². The molecule has 146 valence electrons. The number of carbonyl (C=O) groups excluding carboxylic acids is 1. The number of nitriles is 1. The second-order valence-corrected chi connectivity index (χ2v) is 7.69. The summed E-state index contributed by atoms with van der Waals surface area (Å²) in [4.78, 5) is 20.8. The van der Waals surface area contributed by atoms with E-state index in [2.05, 4.69) is 21.1 Å². The topological polar surface area (TPSA) is 98.3 Å². The number of aliphatic hydroxyl groups is 1. The van der Waals surface area contributed by atoms with Gasteiger partial charge in [0.25, 0.3) is 0 Å². The lowest BCUT2D eigenvalue weighted by atomic mass is 9.94. The van der Waals surface area contributed by atoms with Crippen LogP contribution in [-0.4, -0.2) is 62.5 Å². The van der Waals surface area contributed by atoms with Gasteiger partial charge in [0, 0.05) is 44.4 Å². The minimum atomic E-state index is -0.604. The Labute approximate surface area is 167 Å². The number of aromatic nitrogens is 3. The first kappa shape index (κ1) is 18.7. The van der Waals surface area contributed by atoms with E-state index < -0.39 is 12.1 Å². The number of aliphatic hydroxyl groups excluding tert-OH is 1. The van der Waals surface area contributed by atoms with E-state index in [-0.39, 0.29) is 18.4 Å². The standard InChI is InChI=1S/C19H21ClN6O2/c20-14-9-23-26(11-14)17-1-4-22-10-18(17)24-5-2-13(3-6-24)19(28)25-12-16(27)7-15(25)8-21/h1,4,9-11,13,15-16,27H,2-3,5-7,12H2/t15-,16-/m1/s1. The smallest absolute Gasteiger partial charge is 0.226 e. The maximum Gasteiger partial charge on any atom is 0.226 e. The van der Waals surface area contributed by atoms with Crippen LogP contribution in [0.3, 0.4) is 0 Å². The van der Waals surface area contributed by atoms with Crippen LogP contribution < -0.4 is 4.90 Å². The molecule has 0 aromatic carbocycles. The molecule has 2 aromatic heterocycles. The van der Waals surface area contributed by atoms with Crippen LogP contribution in [0.2, 0.25) is 5.02 Å². The van der Waals surface area contributed by atoms with Crippen molar-refractivity contribution >= 4 is 23.2 Å². The monoisotopic (exact) mass is 400 g/mol. The SMILES string of the molecule is N#C[C@H]1C[C@@H](O)CN1C(=O)C1CCN(c2cnccc2-n2cc(Cl)cn2)CC1. The fraction of sp³-hybridized carbons (Fsp3) is 0.474. The number of nitrogens with zero attached hydrogens (tertiary/aromatic N) is 6. The highest BCUT2D eigenvalue weighted by Crippen LogP contribution is 2.30. The van der Waals surface area contributed by atoms with Gasteiger partial charge in [0.2, 0.25) is 5.91 Å². The predicted octanol–water partition coefficient (Wildman–Crippen LogP) is 1.62. The minimum Gasteiger partial charge on any atom is -0.391 e. The van der Waals surface area contributed by atoms with Crippen LogP contribution in [0.1, 0.15) is 19.3 Å². The van der Waals surface area contributed by atoms with E-state index in [1.54, 1.807) is 34.4 Å². The summed E-state index contributed by atoms with van der Waals surface area (Å²) in [6.07, 6.45) is 7.97. The first-order valence-electron chi connectivity index (χ1n) is 9.34. The number of anilines is 1. The van der Waals surface area contributed by atoms with Crippen molar-refractivity contribution in [2.75, 3.05) is 24.5 Å². The van der Waals surface area contributed by atoms with Gasteiger partial charge < -0.3 is 14.9 Å². The van der Waals surface area contributed by atoms with Gasteiger partial charge in [0.05, 0.1) is 41.0 Å². The van der Waals surface area contributed by atoms with Gasteiger partial charge in [-0.2, -0.15) is 10.4 Å². The molecule has 4 rings (SSSR count). The van der Waals surface area contributed by atoms with Crippen molar-refractivity contribution < 1.29 is 9.90 Å². The van der Waals surface area contributed by atoms with E-state index in [1.165, 1.54) is 0 Å². The van der Waals surface area contributed by atoms with Crippen LogP contribution in [0.5, 0.6) is 0 Å². The van der Waals surface area contributed by atoms with E-state index in [4.69, 9.17) is 11.6 Å². The highest BCUT2D eigenvalue weighted by molar-refractivity contribution is 6.30. The molecular formula is C19H21ClN6O2. The molecule has 0 spiro atoms. The lowest BCUT2D eigenvalue weighted by Gasteiger charge is -2.35. The average Bonchev–Trinajstić information content (AvgIpc) is 3.33. The first-order chi connectivity index (χ1) is 13.6. The number of hydrogen-bond donors (Lipinski definition) is 1. The third kappa shape index (κ3) is 3.55. The lowest BCUT2D eigenvalue weighted by Crippen LogP contribution is -2.44. The fourth-order valence-electron chi connectivity index (χ4n) is 4.03. The molecule has 2 aliphatic rings.